The van der Waals surface area contributed by atoms with E-state index in [1.54, 1.807) is 25.4 Å². The van der Waals surface area contributed by atoms with E-state index in [9.17, 15) is 8.42 Å². The normalized spacial score (nSPS) is 15.9. The van der Waals surface area contributed by atoms with Gasteiger partial charge < -0.3 is 4.74 Å². The molecule has 1 aliphatic rings. The second kappa shape index (κ2) is 7.70. The van der Waals surface area contributed by atoms with Gasteiger partial charge in [0.2, 0.25) is 0 Å². The van der Waals surface area contributed by atoms with Gasteiger partial charge in [-0.15, -0.1) is 5.73 Å². The fourth-order valence-electron chi connectivity index (χ4n) is 2.90. The first kappa shape index (κ1) is 20.0. The van der Waals surface area contributed by atoms with Gasteiger partial charge in [-0.1, -0.05) is 49.8 Å². The van der Waals surface area contributed by atoms with Crippen molar-refractivity contribution in [3.05, 3.63) is 83.2 Å². The predicted molar refractivity (Wildman–Crippen MR) is 112 cm³/mol. The van der Waals surface area contributed by atoms with Gasteiger partial charge in [0.25, 0.3) is 10.0 Å². The Balaban J connectivity index is 1.93. The zero-order valence-corrected chi connectivity index (χ0v) is 17.5. The number of aryl methyl sites for hydroxylation is 1. The minimum absolute atomic E-state index is 0.270. The highest BCUT2D eigenvalue weighted by atomic mass is 32.2. The van der Waals surface area contributed by atoms with Crippen LogP contribution in [0.4, 0.5) is 0 Å². The van der Waals surface area contributed by atoms with Crippen LogP contribution in [0.25, 0.3) is 6.08 Å². The van der Waals surface area contributed by atoms with E-state index in [0.29, 0.717) is 4.90 Å². The second-order valence-electron chi connectivity index (χ2n) is 7.44. The molecular formula is C23H25NO3S. The molecular weight excluding hydrogens is 370 g/mol. The highest BCUT2D eigenvalue weighted by Crippen LogP contribution is 2.34. The van der Waals surface area contributed by atoms with Gasteiger partial charge in [-0.3, -0.25) is 4.31 Å². The summed E-state index contributed by atoms with van der Waals surface area (Å²) in [6.45, 7) is 6.32. The molecule has 0 atom stereocenters. The maximum absolute atomic E-state index is 13.0. The Hall–Kier alpha value is -2.75. The highest BCUT2D eigenvalue weighted by Gasteiger charge is 2.31. The van der Waals surface area contributed by atoms with Crippen molar-refractivity contribution in [1.82, 2.24) is 4.31 Å². The fraction of sp³-hybridized carbons (Fsp3) is 0.261. The number of benzene rings is 2. The lowest BCUT2D eigenvalue weighted by atomic mass is 9.83. The molecule has 0 amide bonds. The maximum atomic E-state index is 13.0. The molecule has 0 aliphatic carbocycles. The van der Waals surface area contributed by atoms with Crippen LogP contribution < -0.4 is 4.74 Å². The molecule has 1 heterocycles. The van der Waals surface area contributed by atoms with Gasteiger partial charge in [0.05, 0.1) is 18.6 Å². The molecule has 2 aromatic carbocycles. The lowest BCUT2D eigenvalue weighted by Gasteiger charge is -2.33. The number of nitrogens with zero attached hydrogens (tertiary/aromatic N) is 1. The summed E-state index contributed by atoms with van der Waals surface area (Å²) in [4.78, 5) is 0.293. The largest absolute Gasteiger partial charge is 0.497 e. The smallest absolute Gasteiger partial charge is 0.264 e. The fourth-order valence-corrected chi connectivity index (χ4v) is 4.17. The van der Waals surface area contributed by atoms with E-state index < -0.39 is 10.0 Å². The lowest BCUT2D eigenvalue weighted by Crippen LogP contribution is -2.35. The average Bonchev–Trinajstić information content (AvgIpc) is 2.67. The number of hydrogen-bond donors (Lipinski definition) is 0. The second-order valence-corrected chi connectivity index (χ2v) is 9.33. The third-order valence-corrected chi connectivity index (χ3v) is 6.64. The van der Waals surface area contributed by atoms with Gasteiger partial charge in [0.1, 0.15) is 5.75 Å². The topological polar surface area (TPSA) is 46.6 Å². The summed E-state index contributed by atoms with van der Waals surface area (Å²) in [5.41, 5.74) is 5.95. The minimum Gasteiger partial charge on any atom is -0.497 e. The SMILES string of the molecule is COc1ccc(C=C=C2CN(S(=O)(=O)c3ccc(C)cc3)C=CC2(C)C)cc1. The Morgan fingerprint density at radius 2 is 1.71 bits per heavy atom. The molecule has 0 bridgehead atoms. The van der Waals surface area contributed by atoms with Crippen molar-refractivity contribution in [3.8, 4) is 5.75 Å². The number of ether oxygens (including phenoxy) is 1. The molecule has 3 rings (SSSR count). The first-order valence-corrected chi connectivity index (χ1v) is 10.5. The third-order valence-electron chi connectivity index (χ3n) is 4.91. The van der Waals surface area contributed by atoms with E-state index in [1.807, 2.05) is 55.5 Å². The number of hydrogen-bond acceptors (Lipinski definition) is 3. The molecule has 1 aliphatic heterocycles. The number of allylic oxidation sites excluding steroid dienone is 1. The van der Waals surface area contributed by atoms with E-state index in [0.717, 1.165) is 22.4 Å². The summed E-state index contributed by atoms with van der Waals surface area (Å²) in [5, 5.41) is 0. The maximum Gasteiger partial charge on any atom is 0.264 e. The molecule has 0 radical (unpaired) electrons. The van der Waals surface area contributed by atoms with Gasteiger partial charge in [-0.25, -0.2) is 8.42 Å². The van der Waals surface area contributed by atoms with Crippen molar-refractivity contribution in [1.29, 1.82) is 0 Å². The van der Waals surface area contributed by atoms with Crippen LogP contribution in [-0.2, 0) is 10.0 Å². The Morgan fingerprint density at radius 1 is 1.07 bits per heavy atom. The van der Waals surface area contributed by atoms with Gasteiger partial charge in [0, 0.05) is 17.2 Å². The van der Waals surface area contributed by atoms with Gasteiger partial charge in [-0.2, -0.15) is 0 Å². The number of rotatable bonds is 4. The summed E-state index contributed by atoms with van der Waals surface area (Å²) in [5.74, 6) is 0.793. The molecule has 0 fully saturated rings. The molecule has 146 valence electrons. The number of sulfonamides is 1. The van der Waals surface area contributed by atoms with Crippen molar-refractivity contribution in [2.75, 3.05) is 13.7 Å². The molecule has 0 saturated carbocycles. The zero-order chi connectivity index (χ0) is 20.4. The first-order chi connectivity index (χ1) is 13.2. The summed E-state index contributed by atoms with van der Waals surface area (Å²) < 4.78 is 32.6. The predicted octanol–water partition coefficient (Wildman–Crippen LogP) is 4.79. The van der Waals surface area contributed by atoms with E-state index in [-0.39, 0.29) is 12.0 Å². The van der Waals surface area contributed by atoms with Crippen LogP contribution >= 0.6 is 0 Å². The van der Waals surface area contributed by atoms with Crippen molar-refractivity contribution in [2.45, 2.75) is 25.7 Å². The molecule has 4 nitrogen and oxygen atoms in total. The quantitative estimate of drug-likeness (QED) is 0.700. The van der Waals surface area contributed by atoms with E-state index in [4.69, 9.17) is 4.74 Å². The van der Waals surface area contributed by atoms with Crippen molar-refractivity contribution in [3.63, 3.8) is 0 Å². The first-order valence-electron chi connectivity index (χ1n) is 9.10. The molecule has 28 heavy (non-hydrogen) atoms. The van der Waals surface area contributed by atoms with Crippen LogP contribution in [0.2, 0.25) is 0 Å². The van der Waals surface area contributed by atoms with Crippen LogP contribution in [0, 0.1) is 12.3 Å². The van der Waals surface area contributed by atoms with Crippen LogP contribution in [-0.4, -0.2) is 26.4 Å². The van der Waals surface area contributed by atoms with Crippen LogP contribution in [0.3, 0.4) is 0 Å². The van der Waals surface area contributed by atoms with Gasteiger partial charge in [0.15, 0.2) is 0 Å². The Morgan fingerprint density at radius 3 is 2.32 bits per heavy atom. The lowest BCUT2D eigenvalue weighted by molar-refractivity contribution is 0.415. The molecule has 0 unspecified atom stereocenters. The molecule has 2 aromatic rings. The summed E-state index contributed by atoms with van der Waals surface area (Å²) in [6.07, 6.45) is 5.45. The molecule has 0 aromatic heterocycles. The Bertz CT molecular complexity index is 1040. The van der Waals surface area contributed by atoms with Crippen molar-refractivity contribution >= 4 is 16.1 Å². The van der Waals surface area contributed by atoms with Crippen LogP contribution in [0.1, 0.15) is 25.0 Å². The minimum atomic E-state index is -3.60. The average molecular weight is 396 g/mol. The van der Waals surface area contributed by atoms with Gasteiger partial charge in [-0.05, 0) is 42.8 Å². The Kier molecular flexibility index (Phi) is 5.50. The monoisotopic (exact) mass is 395 g/mol. The third kappa shape index (κ3) is 4.22. The van der Waals surface area contributed by atoms with E-state index in [2.05, 4.69) is 19.6 Å². The van der Waals surface area contributed by atoms with E-state index >= 15 is 0 Å². The van der Waals surface area contributed by atoms with Crippen LogP contribution in [0.5, 0.6) is 5.75 Å². The summed E-state index contributed by atoms with van der Waals surface area (Å²) in [6, 6.07) is 14.6. The Labute approximate surface area is 167 Å². The molecule has 0 N–H and O–H groups in total. The van der Waals surface area contributed by atoms with Crippen molar-refractivity contribution < 1.29 is 13.2 Å². The summed E-state index contributed by atoms with van der Waals surface area (Å²) in [7, 11) is -1.97. The summed E-state index contributed by atoms with van der Waals surface area (Å²) >= 11 is 0. The van der Waals surface area contributed by atoms with Gasteiger partial charge >= 0.3 is 0 Å². The van der Waals surface area contributed by atoms with E-state index in [1.165, 1.54) is 4.31 Å². The highest BCUT2D eigenvalue weighted by molar-refractivity contribution is 7.89. The van der Waals surface area contributed by atoms with Crippen molar-refractivity contribution in [2.24, 2.45) is 5.41 Å². The number of methoxy groups -OCH3 is 1. The van der Waals surface area contributed by atoms with Crippen LogP contribution in [0.15, 0.2) is 77.0 Å². The molecule has 0 spiro atoms. The molecule has 5 heteroatoms. The molecule has 0 saturated heterocycles. The zero-order valence-electron chi connectivity index (χ0n) is 16.6. The standard InChI is InChI=1S/C23H25NO3S/c1-18-5-13-22(14-6-18)28(25,26)24-16-15-23(2,3)20(17-24)10-7-19-8-11-21(27-4)12-9-19/h5-9,11-16H,17H2,1-4H3.